The summed E-state index contributed by atoms with van der Waals surface area (Å²) in [6.07, 6.45) is -4.43. The topological polar surface area (TPSA) is 61.4 Å². The number of halogens is 3. The maximum absolute atomic E-state index is 11.9. The molecule has 0 spiro atoms. The molecule has 108 valence electrons. The van der Waals surface area contributed by atoms with Crippen molar-refractivity contribution in [1.82, 2.24) is 10.6 Å². The van der Waals surface area contributed by atoms with Gasteiger partial charge in [-0.05, 0) is 17.7 Å². The fourth-order valence-electron chi connectivity index (χ4n) is 1.33. The quantitative estimate of drug-likeness (QED) is 0.735. The van der Waals surface area contributed by atoms with E-state index in [0.29, 0.717) is 11.1 Å². The molecule has 1 aromatic rings. The number of carbonyl (C=O) groups excluding carboxylic acids is 1. The van der Waals surface area contributed by atoms with Gasteiger partial charge in [-0.15, -0.1) is 0 Å². The molecule has 0 aliphatic carbocycles. The number of urea groups is 1. The number of alkyl halides is 3. The van der Waals surface area contributed by atoms with Gasteiger partial charge in [0.05, 0.1) is 0 Å². The van der Waals surface area contributed by atoms with Gasteiger partial charge in [-0.1, -0.05) is 24.0 Å². The number of nitrogens with one attached hydrogen (secondary N) is 2. The average Bonchev–Trinajstić information content (AvgIpc) is 2.40. The van der Waals surface area contributed by atoms with Crippen LogP contribution in [0.4, 0.5) is 18.0 Å². The van der Waals surface area contributed by atoms with Gasteiger partial charge in [0.15, 0.2) is 0 Å². The third-order valence-electron chi connectivity index (χ3n) is 2.14. The van der Waals surface area contributed by atoms with Crippen LogP contribution in [0.25, 0.3) is 0 Å². The number of amides is 2. The van der Waals surface area contributed by atoms with E-state index in [0.717, 1.165) is 0 Å². The fourth-order valence-corrected chi connectivity index (χ4v) is 1.33. The number of hydrogen-bond acceptors (Lipinski definition) is 2. The van der Waals surface area contributed by atoms with Gasteiger partial charge >= 0.3 is 12.2 Å². The van der Waals surface area contributed by atoms with E-state index in [1.807, 2.05) is 0 Å². The first-order valence-corrected chi connectivity index (χ1v) is 5.68. The standard InChI is InChI=1S/C13H13F3N2O2/c14-13(15,16)9-18-12(20)17-8-11-4-1-3-10(7-11)5-2-6-19/h1,3-4,7,19H,6,8-9H2,(H2,17,18,20). The molecule has 0 radical (unpaired) electrons. The zero-order chi connectivity index (χ0) is 15.0. The van der Waals surface area contributed by atoms with E-state index >= 15 is 0 Å². The summed E-state index contributed by atoms with van der Waals surface area (Å²) in [5, 5.41) is 12.6. The van der Waals surface area contributed by atoms with E-state index < -0.39 is 18.8 Å². The van der Waals surface area contributed by atoms with Crippen molar-refractivity contribution in [2.75, 3.05) is 13.2 Å². The maximum atomic E-state index is 11.9. The van der Waals surface area contributed by atoms with Crippen LogP contribution in [-0.4, -0.2) is 30.5 Å². The number of hydrogen-bond donors (Lipinski definition) is 3. The normalized spacial score (nSPS) is 10.4. The molecule has 7 heteroatoms. The minimum Gasteiger partial charge on any atom is -0.384 e. The highest BCUT2D eigenvalue weighted by atomic mass is 19.4. The van der Waals surface area contributed by atoms with Gasteiger partial charge in [-0.3, -0.25) is 0 Å². The van der Waals surface area contributed by atoms with E-state index in [9.17, 15) is 18.0 Å². The van der Waals surface area contributed by atoms with Crippen molar-refractivity contribution in [2.45, 2.75) is 12.7 Å². The van der Waals surface area contributed by atoms with Crippen LogP contribution in [0.3, 0.4) is 0 Å². The van der Waals surface area contributed by atoms with E-state index in [4.69, 9.17) is 5.11 Å². The summed E-state index contributed by atoms with van der Waals surface area (Å²) in [6.45, 7) is -1.55. The Balaban J connectivity index is 2.47. The summed E-state index contributed by atoms with van der Waals surface area (Å²) in [5.74, 6) is 5.16. The summed E-state index contributed by atoms with van der Waals surface area (Å²) in [4.78, 5) is 11.1. The first-order chi connectivity index (χ1) is 9.40. The minimum absolute atomic E-state index is 0.0817. The molecule has 0 unspecified atom stereocenters. The summed E-state index contributed by atoms with van der Waals surface area (Å²) >= 11 is 0. The first-order valence-electron chi connectivity index (χ1n) is 5.68. The Bertz CT molecular complexity index is 518. The van der Waals surface area contributed by atoms with Gasteiger partial charge in [0.2, 0.25) is 0 Å². The Hall–Kier alpha value is -2.20. The fraction of sp³-hybridized carbons (Fsp3) is 0.308. The lowest BCUT2D eigenvalue weighted by Gasteiger charge is -2.09. The molecule has 0 aliphatic heterocycles. The monoisotopic (exact) mass is 286 g/mol. The van der Waals surface area contributed by atoms with Crippen molar-refractivity contribution in [3.63, 3.8) is 0 Å². The number of aliphatic hydroxyl groups is 1. The van der Waals surface area contributed by atoms with Crippen LogP contribution >= 0.6 is 0 Å². The van der Waals surface area contributed by atoms with Crippen LogP contribution in [0.15, 0.2) is 24.3 Å². The molecule has 4 nitrogen and oxygen atoms in total. The Labute approximate surface area is 114 Å². The molecule has 0 heterocycles. The second-order valence-corrected chi connectivity index (χ2v) is 3.81. The molecular formula is C13H13F3N2O2. The summed E-state index contributed by atoms with van der Waals surface area (Å²) in [7, 11) is 0. The van der Waals surface area contributed by atoms with Gasteiger partial charge in [-0.25, -0.2) is 4.79 Å². The van der Waals surface area contributed by atoms with Crippen LogP contribution in [0, 0.1) is 11.8 Å². The third-order valence-corrected chi connectivity index (χ3v) is 2.14. The van der Waals surface area contributed by atoms with Gasteiger partial charge in [0.25, 0.3) is 0 Å². The number of carbonyl (C=O) groups is 1. The smallest absolute Gasteiger partial charge is 0.384 e. The van der Waals surface area contributed by atoms with Crippen LogP contribution in [0.5, 0.6) is 0 Å². The first kappa shape index (κ1) is 15.9. The lowest BCUT2D eigenvalue weighted by Crippen LogP contribution is -2.40. The van der Waals surface area contributed by atoms with E-state index in [2.05, 4.69) is 17.2 Å². The highest BCUT2D eigenvalue weighted by molar-refractivity contribution is 5.73. The second kappa shape index (κ2) is 7.40. The number of rotatable bonds is 3. The van der Waals surface area contributed by atoms with Crippen LogP contribution in [0.2, 0.25) is 0 Å². The molecule has 1 rings (SSSR count). The largest absolute Gasteiger partial charge is 0.405 e. The van der Waals surface area contributed by atoms with Crippen LogP contribution < -0.4 is 10.6 Å². The Morgan fingerprint density at radius 1 is 1.30 bits per heavy atom. The SMILES string of the molecule is O=C(NCc1cccc(C#CCO)c1)NCC(F)(F)F. The van der Waals surface area contributed by atoms with Crippen molar-refractivity contribution in [2.24, 2.45) is 0 Å². The molecule has 0 aliphatic rings. The molecule has 2 amide bonds. The molecule has 0 bridgehead atoms. The maximum Gasteiger partial charge on any atom is 0.405 e. The van der Waals surface area contributed by atoms with E-state index in [1.165, 1.54) is 0 Å². The van der Waals surface area contributed by atoms with Crippen molar-refractivity contribution in [3.05, 3.63) is 35.4 Å². The predicted octanol–water partition coefficient (Wildman–Crippen LogP) is 1.39. The van der Waals surface area contributed by atoms with Crippen molar-refractivity contribution in [1.29, 1.82) is 0 Å². The lowest BCUT2D eigenvalue weighted by atomic mass is 10.1. The highest BCUT2D eigenvalue weighted by Crippen LogP contribution is 2.12. The molecule has 0 fully saturated rings. The zero-order valence-corrected chi connectivity index (χ0v) is 10.4. The molecule has 1 aromatic carbocycles. The molecule has 20 heavy (non-hydrogen) atoms. The summed E-state index contributed by atoms with van der Waals surface area (Å²) < 4.78 is 35.6. The van der Waals surface area contributed by atoms with Gasteiger partial charge in [0.1, 0.15) is 13.2 Å². The van der Waals surface area contributed by atoms with E-state index in [-0.39, 0.29) is 13.2 Å². The molecule has 0 saturated carbocycles. The van der Waals surface area contributed by atoms with Gasteiger partial charge in [0, 0.05) is 12.1 Å². The zero-order valence-electron chi connectivity index (χ0n) is 10.4. The molecule has 0 saturated heterocycles. The Morgan fingerprint density at radius 3 is 2.70 bits per heavy atom. The molecule has 3 N–H and O–H groups in total. The number of benzene rings is 1. The Morgan fingerprint density at radius 2 is 2.05 bits per heavy atom. The van der Waals surface area contributed by atoms with Gasteiger partial charge in [-0.2, -0.15) is 13.2 Å². The molecule has 0 atom stereocenters. The summed E-state index contributed by atoms with van der Waals surface area (Å²) in [6, 6.07) is 5.90. The van der Waals surface area contributed by atoms with E-state index in [1.54, 1.807) is 29.6 Å². The lowest BCUT2D eigenvalue weighted by molar-refractivity contribution is -0.122. The molecular weight excluding hydrogens is 273 g/mol. The van der Waals surface area contributed by atoms with Crippen LogP contribution in [0.1, 0.15) is 11.1 Å². The second-order valence-electron chi connectivity index (χ2n) is 3.81. The average molecular weight is 286 g/mol. The van der Waals surface area contributed by atoms with Gasteiger partial charge < -0.3 is 15.7 Å². The van der Waals surface area contributed by atoms with Crippen molar-refractivity contribution < 1.29 is 23.1 Å². The van der Waals surface area contributed by atoms with Crippen molar-refractivity contribution >= 4 is 6.03 Å². The number of aliphatic hydroxyl groups excluding tert-OH is 1. The Kier molecular flexibility index (Phi) is 5.87. The highest BCUT2D eigenvalue weighted by Gasteiger charge is 2.27. The molecule has 0 aromatic heterocycles. The van der Waals surface area contributed by atoms with Crippen molar-refractivity contribution in [3.8, 4) is 11.8 Å². The minimum atomic E-state index is -4.43. The third kappa shape index (κ3) is 6.66. The predicted molar refractivity (Wildman–Crippen MR) is 66.7 cm³/mol. The van der Waals surface area contributed by atoms with Crippen LogP contribution in [-0.2, 0) is 6.54 Å². The summed E-state index contributed by atoms with van der Waals surface area (Å²) in [5.41, 5.74) is 1.34.